The van der Waals surface area contributed by atoms with Crippen molar-refractivity contribution in [3.8, 4) is 5.75 Å². The Bertz CT molecular complexity index is 549. The first kappa shape index (κ1) is 10.9. The molecule has 18 heavy (non-hydrogen) atoms. The minimum atomic E-state index is -0.0818. The zero-order chi connectivity index (χ0) is 12.4. The number of H-pyrrole nitrogens is 1. The van der Waals surface area contributed by atoms with Gasteiger partial charge in [-0.1, -0.05) is 18.2 Å². The first-order valence-corrected chi connectivity index (χ1v) is 6.00. The van der Waals surface area contributed by atoms with Crippen molar-refractivity contribution in [3.63, 3.8) is 0 Å². The Morgan fingerprint density at radius 1 is 1.28 bits per heavy atom. The molecule has 1 amide bonds. The molecular formula is C14H14N2O2. The first-order chi connectivity index (χ1) is 8.84. The van der Waals surface area contributed by atoms with Crippen LogP contribution in [0.3, 0.4) is 0 Å². The Labute approximate surface area is 105 Å². The highest BCUT2D eigenvalue weighted by molar-refractivity contribution is 5.92. The zero-order valence-corrected chi connectivity index (χ0v) is 9.85. The van der Waals surface area contributed by atoms with Gasteiger partial charge in [-0.3, -0.25) is 4.79 Å². The van der Waals surface area contributed by atoms with Crippen LogP contribution in [0.15, 0.2) is 42.6 Å². The molecule has 1 aromatic heterocycles. The predicted molar refractivity (Wildman–Crippen MR) is 67.6 cm³/mol. The number of para-hydroxylation sites is 1. The van der Waals surface area contributed by atoms with E-state index >= 15 is 0 Å². The minimum Gasteiger partial charge on any atom is -0.493 e. The number of amides is 1. The molecule has 1 aliphatic heterocycles. The average Bonchev–Trinajstić information content (AvgIpc) is 2.93. The van der Waals surface area contributed by atoms with Crippen LogP contribution in [0, 0.1) is 0 Å². The fraction of sp³-hybridized carbons (Fsp3) is 0.214. The van der Waals surface area contributed by atoms with E-state index in [9.17, 15) is 4.79 Å². The molecule has 0 saturated carbocycles. The molecule has 1 aliphatic rings. The van der Waals surface area contributed by atoms with Crippen molar-refractivity contribution in [2.45, 2.75) is 12.5 Å². The normalized spacial score (nSPS) is 17.7. The molecule has 0 radical (unpaired) electrons. The van der Waals surface area contributed by atoms with Gasteiger partial charge in [0.05, 0.1) is 12.6 Å². The van der Waals surface area contributed by atoms with Crippen molar-refractivity contribution in [1.82, 2.24) is 10.3 Å². The van der Waals surface area contributed by atoms with E-state index in [1.165, 1.54) is 0 Å². The van der Waals surface area contributed by atoms with Gasteiger partial charge in [0, 0.05) is 18.2 Å². The smallest absolute Gasteiger partial charge is 0.268 e. The van der Waals surface area contributed by atoms with Gasteiger partial charge >= 0.3 is 0 Å². The Hall–Kier alpha value is -2.23. The van der Waals surface area contributed by atoms with Crippen LogP contribution in [0.5, 0.6) is 5.75 Å². The van der Waals surface area contributed by atoms with Crippen molar-refractivity contribution >= 4 is 5.91 Å². The highest BCUT2D eigenvalue weighted by atomic mass is 16.5. The summed E-state index contributed by atoms with van der Waals surface area (Å²) >= 11 is 0. The molecule has 2 N–H and O–H groups in total. The van der Waals surface area contributed by atoms with E-state index in [2.05, 4.69) is 10.3 Å². The number of benzene rings is 1. The summed E-state index contributed by atoms with van der Waals surface area (Å²) in [7, 11) is 0. The molecular weight excluding hydrogens is 228 g/mol. The van der Waals surface area contributed by atoms with Gasteiger partial charge in [-0.15, -0.1) is 0 Å². The lowest BCUT2D eigenvalue weighted by molar-refractivity contribution is 0.0920. The molecule has 2 aromatic rings. The van der Waals surface area contributed by atoms with Gasteiger partial charge in [0.1, 0.15) is 11.4 Å². The summed E-state index contributed by atoms with van der Waals surface area (Å²) in [6.07, 6.45) is 2.54. The second-order valence-corrected chi connectivity index (χ2v) is 4.28. The van der Waals surface area contributed by atoms with Gasteiger partial charge in [0.2, 0.25) is 0 Å². The van der Waals surface area contributed by atoms with Gasteiger partial charge < -0.3 is 15.0 Å². The van der Waals surface area contributed by atoms with Crippen LogP contribution in [0.4, 0.5) is 0 Å². The second kappa shape index (κ2) is 4.56. The lowest BCUT2D eigenvalue weighted by Gasteiger charge is -2.26. The number of nitrogens with one attached hydrogen (secondary N) is 2. The predicted octanol–water partition coefficient (Wildman–Crippen LogP) is 2.27. The summed E-state index contributed by atoms with van der Waals surface area (Å²) in [6, 6.07) is 11.4. The molecule has 92 valence electrons. The molecule has 0 spiro atoms. The van der Waals surface area contributed by atoms with Crippen LogP contribution >= 0.6 is 0 Å². The number of carbonyl (C=O) groups excluding carboxylic acids is 1. The summed E-state index contributed by atoms with van der Waals surface area (Å²) in [4.78, 5) is 14.9. The van der Waals surface area contributed by atoms with E-state index in [0.29, 0.717) is 12.3 Å². The fourth-order valence-corrected chi connectivity index (χ4v) is 2.20. The van der Waals surface area contributed by atoms with Gasteiger partial charge in [-0.25, -0.2) is 0 Å². The topological polar surface area (TPSA) is 54.1 Å². The number of carbonyl (C=O) groups is 1. The van der Waals surface area contributed by atoms with Crippen LogP contribution in [0.25, 0.3) is 0 Å². The van der Waals surface area contributed by atoms with Crippen molar-refractivity contribution in [1.29, 1.82) is 0 Å². The molecule has 4 heteroatoms. The molecule has 4 nitrogen and oxygen atoms in total. The van der Waals surface area contributed by atoms with Crippen LogP contribution in [-0.4, -0.2) is 17.5 Å². The van der Waals surface area contributed by atoms with E-state index < -0.39 is 0 Å². The third kappa shape index (κ3) is 1.97. The summed E-state index contributed by atoms with van der Waals surface area (Å²) in [5.41, 5.74) is 1.63. The summed E-state index contributed by atoms with van der Waals surface area (Å²) < 4.78 is 5.57. The summed E-state index contributed by atoms with van der Waals surface area (Å²) in [6.45, 7) is 0.632. The van der Waals surface area contributed by atoms with Crippen molar-refractivity contribution in [2.24, 2.45) is 0 Å². The Kier molecular flexibility index (Phi) is 2.76. The van der Waals surface area contributed by atoms with Crippen LogP contribution in [-0.2, 0) is 0 Å². The van der Waals surface area contributed by atoms with Crippen LogP contribution in [0.1, 0.15) is 28.5 Å². The van der Waals surface area contributed by atoms with Gasteiger partial charge in [-0.2, -0.15) is 0 Å². The molecule has 3 rings (SSSR count). The first-order valence-electron chi connectivity index (χ1n) is 6.00. The van der Waals surface area contributed by atoms with E-state index in [-0.39, 0.29) is 11.9 Å². The largest absolute Gasteiger partial charge is 0.493 e. The van der Waals surface area contributed by atoms with Crippen LogP contribution < -0.4 is 10.1 Å². The van der Waals surface area contributed by atoms with Crippen molar-refractivity contribution in [3.05, 3.63) is 53.9 Å². The number of rotatable bonds is 2. The maximum Gasteiger partial charge on any atom is 0.268 e. The Morgan fingerprint density at radius 2 is 2.17 bits per heavy atom. The number of hydrogen-bond acceptors (Lipinski definition) is 2. The zero-order valence-electron chi connectivity index (χ0n) is 9.85. The third-order valence-electron chi connectivity index (χ3n) is 3.11. The monoisotopic (exact) mass is 242 g/mol. The molecule has 0 unspecified atom stereocenters. The maximum absolute atomic E-state index is 12.0. The minimum absolute atomic E-state index is 0.0192. The highest BCUT2D eigenvalue weighted by Crippen LogP contribution is 2.31. The summed E-state index contributed by atoms with van der Waals surface area (Å²) in [5.74, 6) is 0.780. The fourth-order valence-electron chi connectivity index (χ4n) is 2.20. The number of hydrogen-bond donors (Lipinski definition) is 2. The van der Waals surface area contributed by atoms with Crippen molar-refractivity contribution < 1.29 is 9.53 Å². The Morgan fingerprint density at radius 3 is 3.00 bits per heavy atom. The third-order valence-corrected chi connectivity index (χ3v) is 3.11. The number of aromatic amines is 1. The number of fused-ring (bicyclic) bond motifs is 1. The quantitative estimate of drug-likeness (QED) is 0.848. The molecule has 0 aliphatic carbocycles. The molecule has 0 fully saturated rings. The van der Waals surface area contributed by atoms with Gasteiger partial charge in [0.15, 0.2) is 0 Å². The second-order valence-electron chi connectivity index (χ2n) is 4.28. The van der Waals surface area contributed by atoms with Gasteiger partial charge in [-0.05, 0) is 18.2 Å². The van der Waals surface area contributed by atoms with E-state index in [4.69, 9.17) is 4.74 Å². The maximum atomic E-state index is 12.0. The molecule has 1 aromatic carbocycles. The van der Waals surface area contributed by atoms with E-state index in [1.54, 1.807) is 12.3 Å². The Balaban J connectivity index is 1.80. The number of ether oxygens (including phenoxy) is 1. The van der Waals surface area contributed by atoms with E-state index in [0.717, 1.165) is 17.7 Å². The lowest BCUT2D eigenvalue weighted by Crippen LogP contribution is -2.32. The molecule has 2 heterocycles. The van der Waals surface area contributed by atoms with Gasteiger partial charge in [0.25, 0.3) is 5.91 Å². The highest BCUT2D eigenvalue weighted by Gasteiger charge is 2.23. The molecule has 1 atom stereocenters. The lowest BCUT2D eigenvalue weighted by atomic mass is 10.0. The number of aromatic nitrogens is 1. The molecule has 0 saturated heterocycles. The average molecular weight is 242 g/mol. The van der Waals surface area contributed by atoms with Crippen molar-refractivity contribution in [2.75, 3.05) is 6.61 Å². The standard InChI is InChI=1S/C14H14N2O2/c17-14(12-5-3-8-15-12)16-11-7-9-18-13-6-2-1-4-10(11)13/h1-6,8,11,15H,7,9H2,(H,16,17)/t11-/m0/s1. The SMILES string of the molecule is O=C(N[C@H]1CCOc2ccccc21)c1ccc[nH]1. The molecule has 0 bridgehead atoms. The van der Waals surface area contributed by atoms with Crippen LogP contribution in [0.2, 0.25) is 0 Å². The summed E-state index contributed by atoms with van der Waals surface area (Å²) in [5, 5.41) is 3.03. The van der Waals surface area contributed by atoms with E-state index in [1.807, 2.05) is 30.3 Å².